The Morgan fingerprint density at radius 2 is 1.59 bits per heavy atom. The zero-order valence-electron chi connectivity index (χ0n) is 11.7. The first-order valence-electron chi connectivity index (χ1n) is 6.96. The van der Waals surface area contributed by atoms with Crippen LogP contribution in [0, 0.1) is 0 Å². The minimum absolute atomic E-state index is 0.0396. The number of hydrogen-bond acceptors (Lipinski definition) is 1. The molecule has 0 unspecified atom stereocenters. The van der Waals surface area contributed by atoms with E-state index < -0.39 is 11.7 Å². The first-order valence-corrected chi connectivity index (χ1v) is 6.96. The number of carbonyl (C=O) groups excluding carboxylic acids is 1. The summed E-state index contributed by atoms with van der Waals surface area (Å²) >= 11 is 0. The van der Waals surface area contributed by atoms with Gasteiger partial charge in [0.25, 0.3) is 0 Å². The van der Waals surface area contributed by atoms with Gasteiger partial charge in [-0.3, -0.25) is 4.79 Å². The van der Waals surface area contributed by atoms with Gasteiger partial charge in [-0.25, -0.2) is 0 Å². The zero-order chi connectivity index (χ0) is 15.7. The third kappa shape index (κ3) is 2.69. The molecular weight excluding hydrogens is 289 g/mol. The summed E-state index contributed by atoms with van der Waals surface area (Å²) in [4.78, 5) is 12.4. The second-order valence-corrected chi connectivity index (χ2v) is 5.24. The molecule has 3 rings (SSSR count). The minimum atomic E-state index is -4.43. The Hall–Kier alpha value is -2.36. The Bertz CT molecular complexity index is 757. The van der Waals surface area contributed by atoms with E-state index in [2.05, 4.69) is 0 Å². The molecule has 0 bridgehead atoms. The number of hydrogen-bond donors (Lipinski definition) is 0. The van der Waals surface area contributed by atoms with Crippen molar-refractivity contribution < 1.29 is 18.0 Å². The van der Waals surface area contributed by atoms with Gasteiger partial charge in [0.05, 0.1) is 5.56 Å². The number of fused-ring (bicyclic) bond motifs is 1. The summed E-state index contributed by atoms with van der Waals surface area (Å²) in [6.45, 7) is 0. The predicted octanol–water partition coefficient (Wildman–Crippen LogP) is 4.92. The summed E-state index contributed by atoms with van der Waals surface area (Å²) < 4.78 is 39.1. The summed E-state index contributed by atoms with van der Waals surface area (Å²) in [6, 6.07) is 12.6. The summed E-state index contributed by atoms with van der Waals surface area (Å²) in [7, 11) is 0. The van der Waals surface area contributed by atoms with E-state index in [-0.39, 0.29) is 11.3 Å². The summed E-state index contributed by atoms with van der Waals surface area (Å²) in [5.41, 5.74) is 1.29. The van der Waals surface area contributed by atoms with Crippen molar-refractivity contribution in [1.82, 2.24) is 0 Å². The Balaban J connectivity index is 2.03. The average molecular weight is 302 g/mol. The fourth-order valence-electron chi connectivity index (χ4n) is 2.72. The van der Waals surface area contributed by atoms with Gasteiger partial charge in [-0.1, -0.05) is 42.5 Å². The molecule has 2 aromatic carbocycles. The van der Waals surface area contributed by atoms with Crippen LogP contribution in [0.2, 0.25) is 0 Å². The maximum absolute atomic E-state index is 13.0. The van der Waals surface area contributed by atoms with Crippen LogP contribution in [-0.2, 0) is 12.6 Å². The van der Waals surface area contributed by atoms with Crippen LogP contribution in [0.15, 0.2) is 54.1 Å². The topological polar surface area (TPSA) is 17.1 Å². The number of ketones is 1. The summed E-state index contributed by atoms with van der Waals surface area (Å²) in [5, 5.41) is 0. The number of benzene rings is 2. The van der Waals surface area contributed by atoms with Gasteiger partial charge in [0.15, 0.2) is 5.78 Å². The average Bonchev–Trinajstić information content (AvgIpc) is 2.50. The predicted molar refractivity (Wildman–Crippen MR) is 78.5 cm³/mol. The molecule has 1 aliphatic carbocycles. The largest absolute Gasteiger partial charge is 0.416 e. The molecule has 2 aromatic rings. The van der Waals surface area contributed by atoms with E-state index in [1.807, 2.05) is 12.1 Å². The van der Waals surface area contributed by atoms with Gasteiger partial charge in [0.2, 0.25) is 0 Å². The van der Waals surface area contributed by atoms with Gasteiger partial charge >= 0.3 is 6.18 Å². The van der Waals surface area contributed by atoms with Gasteiger partial charge in [-0.15, -0.1) is 0 Å². The Morgan fingerprint density at radius 1 is 0.909 bits per heavy atom. The summed E-state index contributed by atoms with van der Waals surface area (Å²) in [6.07, 6.45) is -1.92. The molecule has 0 atom stereocenters. The number of Topliss-reactive ketones (excluding diaryl/α,β-unsaturated/α-hetero) is 1. The molecule has 0 saturated heterocycles. The molecule has 1 nitrogen and oxygen atoms in total. The highest BCUT2D eigenvalue weighted by Crippen LogP contribution is 2.34. The van der Waals surface area contributed by atoms with Crippen molar-refractivity contribution >= 4 is 11.9 Å². The van der Waals surface area contributed by atoms with Gasteiger partial charge in [0, 0.05) is 11.1 Å². The van der Waals surface area contributed by atoms with Crippen molar-refractivity contribution in [1.29, 1.82) is 0 Å². The SMILES string of the molecule is O=C1C(=Cc2ccccc2C(F)(F)F)CCc2ccccc21. The second-order valence-electron chi connectivity index (χ2n) is 5.24. The van der Waals surface area contributed by atoms with Crippen LogP contribution in [0.3, 0.4) is 0 Å². The lowest BCUT2D eigenvalue weighted by molar-refractivity contribution is -0.137. The highest BCUT2D eigenvalue weighted by Gasteiger charge is 2.33. The highest BCUT2D eigenvalue weighted by atomic mass is 19.4. The minimum Gasteiger partial charge on any atom is -0.289 e. The van der Waals surface area contributed by atoms with Gasteiger partial charge in [0.1, 0.15) is 0 Å². The second kappa shape index (κ2) is 5.44. The first-order chi connectivity index (χ1) is 10.5. The maximum atomic E-state index is 13.0. The quantitative estimate of drug-likeness (QED) is 0.683. The normalized spacial score (nSPS) is 16.7. The third-order valence-electron chi connectivity index (χ3n) is 3.81. The van der Waals surface area contributed by atoms with Crippen molar-refractivity contribution in [2.45, 2.75) is 19.0 Å². The number of carbonyl (C=O) groups is 1. The summed E-state index contributed by atoms with van der Waals surface area (Å²) in [5.74, 6) is -0.182. The first kappa shape index (κ1) is 14.6. The van der Waals surface area contributed by atoms with Gasteiger partial charge in [-0.05, 0) is 36.1 Å². The zero-order valence-corrected chi connectivity index (χ0v) is 11.7. The number of rotatable bonds is 1. The van der Waals surface area contributed by atoms with Crippen LogP contribution in [0.25, 0.3) is 6.08 Å². The lowest BCUT2D eigenvalue weighted by atomic mass is 9.85. The lowest BCUT2D eigenvalue weighted by Crippen LogP contribution is -2.14. The van der Waals surface area contributed by atoms with Crippen LogP contribution in [0.5, 0.6) is 0 Å². The fraction of sp³-hybridized carbons (Fsp3) is 0.167. The van der Waals surface area contributed by atoms with E-state index in [0.717, 1.165) is 11.6 Å². The van der Waals surface area contributed by atoms with Crippen LogP contribution >= 0.6 is 0 Å². The van der Waals surface area contributed by atoms with Crippen molar-refractivity contribution in [2.75, 3.05) is 0 Å². The van der Waals surface area contributed by atoms with Crippen molar-refractivity contribution in [3.63, 3.8) is 0 Å². The molecule has 0 aliphatic heterocycles. The van der Waals surface area contributed by atoms with Gasteiger partial charge in [-0.2, -0.15) is 13.2 Å². The van der Waals surface area contributed by atoms with E-state index >= 15 is 0 Å². The van der Waals surface area contributed by atoms with E-state index in [4.69, 9.17) is 0 Å². The van der Waals surface area contributed by atoms with Crippen LogP contribution < -0.4 is 0 Å². The number of allylic oxidation sites excluding steroid dienone is 1. The number of aryl methyl sites for hydroxylation is 1. The monoisotopic (exact) mass is 302 g/mol. The molecule has 0 spiro atoms. The van der Waals surface area contributed by atoms with Crippen LogP contribution in [0.4, 0.5) is 13.2 Å². The Kier molecular flexibility index (Phi) is 3.61. The Morgan fingerprint density at radius 3 is 2.36 bits per heavy atom. The van der Waals surface area contributed by atoms with E-state index in [0.29, 0.717) is 24.0 Å². The number of alkyl halides is 3. The van der Waals surface area contributed by atoms with E-state index in [1.54, 1.807) is 18.2 Å². The molecule has 0 saturated carbocycles. The lowest BCUT2D eigenvalue weighted by Gasteiger charge is -2.18. The maximum Gasteiger partial charge on any atom is 0.416 e. The molecule has 0 aromatic heterocycles. The van der Waals surface area contributed by atoms with E-state index in [9.17, 15) is 18.0 Å². The van der Waals surface area contributed by atoms with Crippen molar-refractivity contribution in [3.05, 3.63) is 76.4 Å². The smallest absolute Gasteiger partial charge is 0.289 e. The molecule has 0 fully saturated rings. The molecule has 0 amide bonds. The number of halogens is 3. The molecule has 1 aliphatic rings. The molecule has 0 N–H and O–H groups in total. The molecule has 4 heteroatoms. The van der Waals surface area contributed by atoms with Crippen LogP contribution in [0.1, 0.15) is 33.5 Å². The molecule has 22 heavy (non-hydrogen) atoms. The van der Waals surface area contributed by atoms with Crippen molar-refractivity contribution in [3.8, 4) is 0 Å². The van der Waals surface area contributed by atoms with E-state index in [1.165, 1.54) is 18.2 Å². The molecule has 112 valence electrons. The molecule has 0 heterocycles. The van der Waals surface area contributed by atoms with Gasteiger partial charge < -0.3 is 0 Å². The molecular formula is C18H13F3O. The van der Waals surface area contributed by atoms with Crippen LogP contribution in [-0.4, -0.2) is 5.78 Å². The van der Waals surface area contributed by atoms with Crippen molar-refractivity contribution in [2.24, 2.45) is 0 Å². The fourth-order valence-corrected chi connectivity index (χ4v) is 2.72. The molecule has 0 radical (unpaired) electrons. The third-order valence-corrected chi connectivity index (χ3v) is 3.81. The highest BCUT2D eigenvalue weighted by molar-refractivity contribution is 6.13. The standard InChI is InChI=1S/C18H13F3O/c19-18(20,21)16-8-4-2-6-13(16)11-14-10-9-12-5-1-3-7-15(12)17(14)22/h1-8,11H,9-10H2. The Labute approximate surface area is 126 Å².